The van der Waals surface area contributed by atoms with E-state index in [0.29, 0.717) is 22.9 Å². The Balaban J connectivity index is 0.00000361. The second-order valence-electron chi connectivity index (χ2n) is 4.41. The Labute approximate surface area is 131 Å². The van der Waals surface area contributed by atoms with Gasteiger partial charge in [0.2, 0.25) is 0 Å². The number of carbonyl (C=O) groups is 1. The van der Waals surface area contributed by atoms with Crippen molar-refractivity contribution in [3.8, 4) is 0 Å². The first-order valence-corrected chi connectivity index (χ1v) is 6.83. The Morgan fingerprint density at radius 3 is 2.50 bits per heavy atom. The molecule has 20 heavy (non-hydrogen) atoms. The fraction of sp³-hybridized carbons (Fsp3) is 0.500. The van der Waals surface area contributed by atoms with Crippen molar-refractivity contribution in [2.24, 2.45) is 0 Å². The predicted molar refractivity (Wildman–Crippen MR) is 85.8 cm³/mol. The topological polar surface area (TPSA) is 55.6 Å². The number of hydrogen-bond acceptors (Lipinski definition) is 4. The minimum Gasteiger partial charge on any atom is -0.460 e. The molecule has 0 heterocycles. The van der Waals surface area contributed by atoms with Crippen LogP contribution in [0.1, 0.15) is 31.1 Å². The summed E-state index contributed by atoms with van der Waals surface area (Å²) in [7, 11) is 0. The van der Waals surface area contributed by atoms with Crippen molar-refractivity contribution in [2.75, 3.05) is 25.4 Å². The van der Waals surface area contributed by atoms with Crippen molar-refractivity contribution < 1.29 is 9.53 Å². The van der Waals surface area contributed by atoms with Crippen molar-refractivity contribution in [3.05, 3.63) is 28.8 Å². The number of hydrogen-bond donors (Lipinski definition) is 1. The van der Waals surface area contributed by atoms with Gasteiger partial charge in [-0.25, -0.2) is 4.79 Å². The summed E-state index contributed by atoms with van der Waals surface area (Å²) in [4.78, 5) is 14.1. The second kappa shape index (κ2) is 9.06. The minimum absolute atomic E-state index is 0. The van der Waals surface area contributed by atoms with E-state index >= 15 is 0 Å². The fourth-order valence-corrected chi connectivity index (χ4v) is 2.19. The minimum atomic E-state index is -0.413. The lowest BCUT2D eigenvalue weighted by molar-refractivity contribution is 0.0382. The van der Waals surface area contributed by atoms with Gasteiger partial charge in [0, 0.05) is 11.7 Å². The van der Waals surface area contributed by atoms with Gasteiger partial charge in [-0.2, -0.15) is 0 Å². The van der Waals surface area contributed by atoms with Gasteiger partial charge in [-0.3, -0.25) is 4.90 Å². The highest BCUT2D eigenvalue weighted by Crippen LogP contribution is 2.20. The standard InChI is InChI=1S/C14H21ClN2O2.ClH/c1-4-17(5-2)10(3)9-19-14(18)12-7-6-11(16)8-13(12)15;/h6-8,10H,4-5,9,16H2,1-3H3;1H. The van der Waals surface area contributed by atoms with Crippen LogP contribution in [-0.4, -0.2) is 36.6 Å². The third kappa shape index (κ3) is 5.19. The van der Waals surface area contributed by atoms with Crippen LogP contribution in [0.25, 0.3) is 0 Å². The molecule has 4 nitrogen and oxygen atoms in total. The van der Waals surface area contributed by atoms with Crippen molar-refractivity contribution in [3.63, 3.8) is 0 Å². The molecule has 0 amide bonds. The molecular formula is C14H22Cl2N2O2. The van der Waals surface area contributed by atoms with E-state index in [1.54, 1.807) is 18.2 Å². The van der Waals surface area contributed by atoms with E-state index in [4.69, 9.17) is 22.1 Å². The molecule has 114 valence electrons. The molecule has 0 radical (unpaired) electrons. The first kappa shape index (κ1) is 19.0. The van der Waals surface area contributed by atoms with E-state index in [1.165, 1.54) is 0 Å². The summed E-state index contributed by atoms with van der Waals surface area (Å²) in [5, 5.41) is 0.320. The highest BCUT2D eigenvalue weighted by atomic mass is 35.5. The van der Waals surface area contributed by atoms with Gasteiger partial charge in [-0.05, 0) is 38.2 Å². The normalized spacial score (nSPS) is 11.8. The molecule has 1 rings (SSSR count). The Kier molecular flexibility index (Phi) is 8.62. The van der Waals surface area contributed by atoms with Gasteiger partial charge in [0.15, 0.2) is 0 Å². The molecule has 0 bridgehead atoms. The molecule has 1 unspecified atom stereocenters. The Hall–Kier alpha value is -0.970. The SMILES string of the molecule is CCN(CC)C(C)COC(=O)c1ccc(N)cc1Cl.Cl. The van der Waals surface area contributed by atoms with Gasteiger partial charge >= 0.3 is 5.97 Å². The molecule has 0 spiro atoms. The number of nitrogens with zero attached hydrogens (tertiary/aromatic N) is 1. The summed E-state index contributed by atoms with van der Waals surface area (Å²) in [6, 6.07) is 4.95. The molecule has 1 atom stereocenters. The average molecular weight is 321 g/mol. The van der Waals surface area contributed by atoms with Crippen LogP contribution in [0.5, 0.6) is 0 Å². The summed E-state index contributed by atoms with van der Waals surface area (Å²) >= 11 is 5.97. The molecule has 1 aromatic rings. The zero-order valence-electron chi connectivity index (χ0n) is 12.1. The number of halogens is 2. The number of ether oxygens (including phenoxy) is 1. The number of anilines is 1. The molecule has 0 aliphatic carbocycles. The van der Waals surface area contributed by atoms with E-state index in [-0.39, 0.29) is 18.4 Å². The van der Waals surface area contributed by atoms with Crippen LogP contribution in [0.3, 0.4) is 0 Å². The quantitative estimate of drug-likeness (QED) is 0.645. The zero-order valence-corrected chi connectivity index (χ0v) is 13.6. The largest absolute Gasteiger partial charge is 0.460 e. The number of nitrogens with two attached hydrogens (primary N) is 1. The van der Waals surface area contributed by atoms with E-state index in [2.05, 4.69) is 18.7 Å². The third-order valence-electron chi connectivity index (χ3n) is 3.10. The van der Waals surface area contributed by atoms with Crippen molar-refractivity contribution in [2.45, 2.75) is 26.8 Å². The number of carbonyl (C=O) groups excluding carboxylic acids is 1. The molecule has 0 fully saturated rings. The molecule has 6 heteroatoms. The lowest BCUT2D eigenvalue weighted by Gasteiger charge is -2.25. The number of likely N-dealkylation sites (N-methyl/N-ethyl adjacent to an activating group) is 1. The summed E-state index contributed by atoms with van der Waals surface area (Å²) in [5.74, 6) is -0.413. The molecule has 0 saturated carbocycles. The molecule has 1 aromatic carbocycles. The highest BCUT2D eigenvalue weighted by Gasteiger charge is 2.16. The molecular weight excluding hydrogens is 299 g/mol. The van der Waals surface area contributed by atoms with Gasteiger partial charge in [-0.15, -0.1) is 12.4 Å². The highest BCUT2D eigenvalue weighted by molar-refractivity contribution is 6.33. The van der Waals surface area contributed by atoms with Gasteiger partial charge in [-0.1, -0.05) is 25.4 Å². The molecule has 0 aromatic heterocycles. The van der Waals surface area contributed by atoms with Crippen LogP contribution in [0.15, 0.2) is 18.2 Å². The van der Waals surface area contributed by atoms with Crippen molar-refractivity contribution in [1.29, 1.82) is 0 Å². The van der Waals surface area contributed by atoms with Gasteiger partial charge < -0.3 is 10.5 Å². The zero-order chi connectivity index (χ0) is 14.4. The van der Waals surface area contributed by atoms with Crippen LogP contribution in [0.4, 0.5) is 5.69 Å². The summed E-state index contributed by atoms with van der Waals surface area (Å²) in [6.45, 7) is 8.40. The molecule has 0 saturated heterocycles. The summed E-state index contributed by atoms with van der Waals surface area (Å²) in [5.41, 5.74) is 6.46. The van der Waals surface area contributed by atoms with Crippen LogP contribution in [0, 0.1) is 0 Å². The smallest absolute Gasteiger partial charge is 0.339 e. The van der Waals surface area contributed by atoms with Crippen LogP contribution in [-0.2, 0) is 4.74 Å². The second-order valence-corrected chi connectivity index (χ2v) is 4.82. The molecule has 0 aliphatic heterocycles. The molecule has 0 aliphatic rings. The number of nitrogen functional groups attached to an aromatic ring is 1. The first-order chi connectivity index (χ1) is 8.99. The van der Waals surface area contributed by atoms with Gasteiger partial charge in [0.05, 0.1) is 10.6 Å². The maximum absolute atomic E-state index is 11.9. The van der Waals surface area contributed by atoms with Crippen molar-refractivity contribution in [1.82, 2.24) is 4.90 Å². The predicted octanol–water partition coefficient (Wildman–Crippen LogP) is 3.23. The van der Waals surface area contributed by atoms with Crippen LogP contribution >= 0.6 is 24.0 Å². The van der Waals surface area contributed by atoms with E-state index in [9.17, 15) is 4.79 Å². The van der Waals surface area contributed by atoms with Gasteiger partial charge in [0.1, 0.15) is 6.61 Å². The van der Waals surface area contributed by atoms with Crippen molar-refractivity contribution >= 4 is 35.7 Å². The number of benzene rings is 1. The van der Waals surface area contributed by atoms with E-state index < -0.39 is 5.97 Å². The fourth-order valence-electron chi connectivity index (χ4n) is 1.92. The number of esters is 1. The van der Waals surface area contributed by atoms with Crippen LogP contribution < -0.4 is 5.73 Å². The van der Waals surface area contributed by atoms with E-state index in [0.717, 1.165) is 13.1 Å². The average Bonchev–Trinajstić information content (AvgIpc) is 2.37. The lowest BCUT2D eigenvalue weighted by atomic mass is 10.2. The maximum Gasteiger partial charge on any atom is 0.339 e. The van der Waals surface area contributed by atoms with Crippen LogP contribution in [0.2, 0.25) is 5.02 Å². The van der Waals surface area contributed by atoms with E-state index in [1.807, 2.05) is 6.92 Å². The molecule has 2 N–H and O–H groups in total. The van der Waals surface area contributed by atoms with Gasteiger partial charge in [0.25, 0.3) is 0 Å². The Morgan fingerprint density at radius 2 is 2.00 bits per heavy atom. The summed E-state index contributed by atoms with van der Waals surface area (Å²) in [6.07, 6.45) is 0. The monoisotopic (exact) mass is 320 g/mol. The first-order valence-electron chi connectivity index (χ1n) is 6.45. The maximum atomic E-state index is 11.9. The number of rotatable bonds is 6. The lowest BCUT2D eigenvalue weighted by Crippen LogP contribution is -2.36. The Bertz CT molecular complexity index is 437. The third-order valence-corrected chi connectivity index (χ3v) is 3.42. The summed E-state index contributed by atoms with van der Waals surface area (Å²) < 4.78 is 5.29. The Morgan fingerprint density at radius 1 is 1.40 bits per heavy atom.